The first-order chi connectivity index (χ1) is 9.04. The molecule has 2 atom stereocenters. The molecule has 1 amide bonds. The van der Waals surface area contributed by atoms with Crippen LogP contribution in [-0.4, -0.2) is 22.1 Å². The van der Waals surface area contributed by atoms with E-state index in [0.717, 1.165) is 11.8 Å². The smallest absolute Gasteiger partial charge is 0.242 e. The van der Waals surface area contributed by atoms with Gasteiger partial charge >= 0.3 is 0 Å². The number of nitrogens with zero attached hydrogens (tertiary/aromatic N) is 1. The predicted molar refractivity (Wildman–Crippen MR) is 77.2 cm³/mol. The summed E-state index contributed by atoms with van der Waals surface area (Å²) < 4.78 is 0. The fraction of sp³-hybridized carbons (Fsp3) is 0.385. The lowest BCUT2D eigenvalue weighted by Gasteiger charge is -2.16. The van der Waals surface area contributed by atoms with E-state index >= 15 is 0 Å². The maximum absolute atomic E-state index is 12.0. The van der Waals surface area contributed by atoms with Crippen molar-refractivity contribution in [3.63, 3.8) is 0 Å². The number of hydrogen-bond acceptors (Lipinski definition) is 3. The van der Waals surface area contributed by atoms with Gasteiger partial charge < -0.3 is 11.1 Å². The highest BCUT2D eigenvalue weighted by atomic mass is 35.5. The van der Waals surface area contributed by atoms with Gasteiger partial charge in [0.15, 0.2) is 5.82 Å². The minimum atomic E-state index is -0.545. The average molecular weight is 281 g/mol. The van der Waals surface area contributed by atoms with E-state index in [1.54, 1.807) is 6.07 Å². The van der Waals surface area contributed by atoms with Crippen LogP contribution in [0.15, 0.2) is 18.2 Å². The number of H-pyrrole nitrogens is 1. The number of nitrogens with one attached hydrogen (secondary N) is 2. The van der Waals surface area contributed by atoms with Crippen molar-refractivity contribution in [2.24, 2.45) is 11.7 Å². The number of hydrogen-bond donors (Lipinski definition) is 3. The summed E-state index contributed by atoms with van der Waals surface area (Å²) in [6.45, 7) is 3.95. The largest absolute Gasteiger partial charge is 0.320 e. The molecule has 19 heavy (non-hydrogen) atoms. The third-order valence-corrected chi connectivity index (χ3v) is 3.66. The SMILES string of the molecule is CCC(C)C(N)C(=O)Nc1n[nH]c2c(Cl)cccc12. The van der Waals surface area contributed by atoms with Gasteiger partial charge in [-0.15, -0.1) is 0 Å². The van der Waals surface area contributed by atoms with Gasteiger partial charge in [-0.2, -0.15) is 5.10 Å². The summed E-state index contributed by atoms with van der Waals surface area (Å²) in [6.07, 6.45) is 0.849. The van der Waals surface area contributed by atoms with Crippen LogP contribution in [0.2, 0.25) is 5.02 Å². The molecule has 0 saturated heterocycles. The molecule has 2 aromatic rings. The Morgan fingerprint density at radius 2 is 2.32 bits per heavy atom. The highest BCUT2D eigenvalue weighted by Gasteiger charge is 2.21. The number of anilines is 1. The first-order valence-corrected chi connectivity index (χ1v) is 6.61. The molecule has 0 aliphatic heterocycles. The zero-order valence-electron chi connectivity index (χ0n) is 10.9. The number of nitrogens with two attached hydrogens (primary N) is 1. The van der Waals surface area contributed by atoms with E-state index in [1.807, 2.05) is 26.0 Å². The third kappa shape index (κ3) is 2.72. The van der Waals surface area contributed by atoms with Crippen LogP contribution in [0, 0.1) is 5.92 Å². The maximum atomic E-state index is 12.0. The molecule has 0 saturated carbocycles. The van der Waals surface area contributed by atoms with E-state index in [-0.39, 0.29) is 11.8 Å². The second kappa shape index (κ2) is 5.59. The molecule has 2 rings (SSSR count). The van der Waals surface area contributed by atoms with Crippen LogP contribution >= 0.6 is 11.6 Å². The molecule has 2 unspecified atom stereocenters. The number of para-hydroxylation sites is 1. The fourth-order valence-corrected chi connectivity index (χ4v) is 2.03. The molecule has 0 aliphatic rings. The summed E-state index contributed by atoms with van der Waals surface area (Å²) in [5.74, 6) is 0.345. The zero-order chi connectivity index (χ0) is 14.0. The number of aromatic amines is 1. The maximum Gasteiger partial charge on any atom is 0.242 e. The van der Waals surface area contributed by atoms with Gasteiger partial charge in [0.25, 0.3) is 0 Å². The van der Waals surface area contributed by atoms with Crippen LogP contribution in [-0.2, 0) is 4.79 Å². The fourth-order valence-electron chi connectivity index (χ4n) is 1.81. The van der Waals surface area contributed by atoms with Gasteiger partial charge in [0.2, 0.25) is 5.91 Å². The van der Waals surface area contributed by atoms with Gasteiger partial charge in [-0.3, -0.25) is 9.89 Å². The van der Waals surface area contributed by atoms with Gasteiger partial charge in [0.05, 0.1) is 16.6 Å². The van der Waals surface area contributed by atoms with Gasteiger partial charge in [-0.25, -0.2) is 0 Å². The number of rotatable bonds is 4. The van der Waals surface area contributed by atoms with E-state index in [4.69, 9.17) is 17.3 Å². The van der Waals surface area contributed by atoms with Crippen molar-refractivity contribution in [2.75, 3.05) is 5.32 Å². The molecule has 6 heteroatoms. The molecule has 1 heterocycles. The molecular formula is C13H17ClN4O. The molecule has 1 aromatic heterocycles. The monoisotopic (exact) mass is 280 g/mol. The Labute approximate surface area is 116 Å². The molecule has 0 bridgehead atoms. The number of benzene rings is 1. The number of carbonyl (C=O) groups is 1. The number of halogens is 1. The lowest BCUT2D eigenvalue weighted by Crippen LogP contribution is -2.40. The van der Waals surface area contributed by atoms with Gasteiger partial charge in [0.1, 0.15) is 0 Å². The van der Waals surface area contributed by atoms with Crippen molar-refractivity contribution in [1.82, 2.24) is 10.2 Å². The minimum absolute atomic E-state index is 0.119. The van der Waals surface area contributed by atoms with E-state index < -0.39 is 6.04 Å². The summed E-state index contributed by atoms with van der Waals surface area (Å²) in [7, 11) is 0. The van der Waals surface area contributed by atoms with Crippen LogP contribution in [0.1, 0.15) is 20.3 Å². The Morgan fingerprint density at radius 3 is 3.00 bits per heavy atom. The normalized spacial score (nSPS) is 14.3. The van der Waals surface area contributed by atoms with Gasteiger partial charge in [-0.05, 0) is 18.1 Å². The van der Waals surface area contributed by atoms with E-state index in [9.17, 15) is 4.79 Å². The molecule has 0 aliphatic carbocycles. The van der Waals surface area contributed by atoms with Crippen LogP contribution in [0.5, 0.6) is 0 Å². The lowest BCUT2D eigenvalue weighted by molar-refractivity contribution is -0.118. The van der Waals surface area contributed by atoms with Crippen molar-refractivity contribution >= 4 is 34.2 Å². The minimum Gasteiger partial charge on any atom is -0.320 e. The number of carbonyl (C=O) groups excluding carboxylic acids is 1. The Balaban J connectivity index is 2.22. The quantitative estimate of drug-likeness (QED) is 0.805. The standard InChI is InChI=1S/C13H17ClN4O/c1-3-7(2)10(15)13(19)16-12-8-5-4-6-9(14)11(8)17-18-12/h4-7,10H,3,15H2,1-2H3,(H2,16,17,18,19). The van der Waals surface area contributed by atoms with Crippen LogP contribution in [0.3, 0.4) is 0 Å². The number of amides is 1. The molecule has 0 fully saturated rings. The molecule has 0 radical (unpaired) electrons. The number of aromatic nitrogens is 2. The van der Waals surface area contributed by atoms with Gasteiger partial charge in [-0.1, -0.05) is 37.9 Å². The Bertz CT molecular complexity index is 595. The first-order valence-electron chi connectivity index (χ1n) is 6.23. The van der Waals surface area contributed by atoms with Crippen molar-refractivity contribution in [3.8, 4) is 0 Å². The van der Waals surface area contributed by atoms with Crippen LogP contribution in [0.25, 0.3) is 10.9 Å². The van der Waals surface area contributed by atoms with Crippen molar-refractivity contribution in [2.45, 2.75) is 26.3 Å². The van der Waals surface area contributed by atoms with E-state index in [1.165, 1.54) is 0 Å². The third-order valence-electron chi connectivity index (χ3n) is 3.35. The van der Waals surface area contributed by atoms with Crippen molar-refractivity contribution < 1.29 is 4.79 Å². The molecule has 0 spiro atoms. The molecule has 5 nitrogen and oxygen atoms in total. The van der Waals surface area contributed by atoms with Crippen LogP contribution in [0.4, 0.5) is 5.82 Å². The average Bonchev–Trinajstić information content (AvgIpc) is 2.81. The summed E-state index contributed by atoms with van der Waals surface area (Å²) in [4.78, 5) is 12.0. The summed E-state index contributed by atoms with van der Waals surface area (Å²) in [5.41, 5.74) is 6.59. The Morgan fingerprint density at radius 1 is 1.58 bits per heavy atom. The van der Waals surface area contributed by atoms with Crippen LogP contribution < -0.4 is 11.1 Å². The van der Waals surface area contributed by atoms with E-state index in [0.29, 0.717) is 16.4 Å². The van der Waals surface area contributed by atoms with Gasteiger partial charge in [0, 0.05) is 5.39 Å². The highest BCUT2D eigenvalue weighted by molar-refractivity contribution is 6.35. The summed E-state index contributed by atoms with van der Waals surface area (Å²) in [5, 5.41) is 11.0. The van der Waals surface area contributed by atoms with Crippen molar-refractivity contribution in [3.05, 3.63) is 23.2 Å². The Kier molecular flexibility index (Phi) is 4.07. The van der Waals surface area contributed by atoms with E-state index in [2.05, 4.69) is 15.5 Å². The highest BCUT2D eigenvalue weighted by Crippen LogP contribution is 2.26. The second-order valence-corrected chi connectivity index (χ2v) is 5.04. The zero-order valence-corrected chi connectivity index (χ0v) is 11.7. The van der Waals surface area contributed by atoms with Crippen molar-refractivity contribution in [1.29, 1.82) is 0 Å². The molecule has 4 N–H and O–H groups in total. The second-order valence-electron chi connectivity index (χ2n) is 4.64. The predicted octanol–water partition coefficient (Wildman–Crippen LogP) is 2.53. The topological polar surface area (TPSA) is 83.8 Å². The Hall–Kier alpha value is -1.59. The summed E-state index contributed by atoms with van der Waals surface area (Å²) in [6, 6.07) is 4.87. The molecule has 1 aromatic carbocycles. The summed E-state index contributed by atoms with van der Waals surface area (Å²) >= 11 is 6.03. The lowest BCUT2D eigenvalue weighted by atomic mass is 9.99. The molecular weight excluding hydrogens is 264 g/mol. The molecule has 102 valence electrons. The first kappa shape index (κ1) is 13.8. The number of fused-ring (bicyclic) bond motifs is 1.